The summed E-state index contributed by atoms with van der Waals surface area (Å²) < 4.78 is 1.44. The maximum atomic E-state index is 12.3. The minimum Gasteiger partial charge on any atom is -0.324 e. The Kier molecular flexibility index (Phi) is 4.26. The van der Waals surface area contributed by atoms with Crippen LogP contribution in [0.5, 0.6) is 0 Å². The lowest BCUT2D eigenvalue weighted by molar-refractivity contribution is -0.118. The molecule has 0 fully saturated rings. The number of aromatic nitrogens is 1. The number of nitrogens with zero attached hydrogens (tertiary/aromatic N) is 1. The van der Waals surface area contributed by atoms with Gasteiger partial charge in [-0.2, -0.15) is 0 Å². The van der Waals surface area contributed by atoms with E-state index in [0.29, 0.717) is 0 Å². The van der Waals surface area contributed by atoms with Gasteiger partial charge in [-0.3, -0.25) is 9.59 Å². The highest BCUT2D eigenvalue weighted by Gasteiger charge is 2.16. The fourth-order valence-electron chi connectivity index (χ4n) is 2.16. The van der Waals surface area contributed by atoms with Crippen LogP contribution in [0.15, 0.2) is 41.3 Å². The molecule has 0 aliphatic heterocycles. The Morgan fingerprint density at radius 2 is 1.90 bits per heavy atom. The molecule has 1 N–H and O–H groups in total. The second kappa shape index (κ2) is 5.95. The van der Waals surface area contributed by atoms with Gasteiger partial charge in [0.05, 0.1) is 0 Å². The molecule has 0 bridgehead atoms. The van der Waals surface area contributed by atoms with Crippen LogP contribution in [-0.4, -0.2) is 10.5 Å². The number of benzene rings is 1. The van der Waals surface area contributed by atoms with Gasteiger partial charge in [-0.15, -0.1) is 0 Å². The average molecular weight is 284 g/mol. The molecular weight excluding hydrogens is 264 g/mol. The molecule has 1 heterocycles. The van der Waals surface area contributed by atoms with E-state index in [2.05, 4.69) is 5.32 Å². The fourth-order valence-corrected chi connectivity index (χ4v) is 2.16. The maximum absolute atomic E-state index is 12.3. The van der Waals surface area contributed by atoms with Crippen molar-refractivity contribution in [2.75, 3.05) is 5.32 Å². The van der Waals surface area contributed by atoms with E-state index in [9.17, 15) is 9.59 Å². The Morgan fingerprint density at radius 3 is 2.57 bits per heavy atom. The molecule has 2 aromatic rings. The van der Waals surface area contributed by atoms with Crippen LogP contribution >= 0.6 is 0 Å². The van der Waals surface area contributed by atoms with Crippen LogP contribution < -0.4 is 10.9 Å². The molecule has 0 aliphatic carbocycles. The number of hydrogen-bond donors (Lipinski definition) is 1. The van der Waals surface area contributed by atoms with E-state index < -0.39 is 6.04 Å². The monoisotopic (exact) mass is 284 g/mol. The van der Waals surface area contributed by atoms with E-state index >= 15 is 0 Å². The molecule has 0 saturated carbocycles. The van der Waals surface area contributed by atoms with Crippen LogP contribution in [0, 0.1) is 20.8 Å². The number of anilines is 1. The number of amides is 1. The molecule has 2 rings (SSSR count). The highest BCUT2D eigenvalue weighted by molar-refractivity contribution is 5.94. The van der Waals surface area contributed by atoms with Crippen LogP contribution in [0.4, 0.5) is 5.69 Å². The van der Waals surface area contributed by atoms with E-state index in [1.807, 2.05) is 45.0 Å². The summed E-state index contributed by atoms with van der Waals surface area (Å²) >= 11 is 0. The van der Waals surface area contributed by atoms with E-state index in [1.165, 1.54) is 10.6 Å². The summed E-state index contributed by atoms with van der Waals surface area (Å²) in [5.41, 5.74) is 3.66. The molecule has 0 aliphatic rings. The number of carbonyl (C=O) groups is 1. The predicted octanol–water partition coefficient (Wildman–Crippen LogP) is 2.97. The quantitative estimate of drug-likeness (QED) is 0.942. The fraction of sp³-hybridized carbons (Fsp3) is 0.294. The van der Waals surface area contributed by atoms with E-state index in [1.54, 1.807) is 13.1 Å². The maximum Gasteiger partial charge on any atom is 0.251 e. The van der Waals surface area contributed by atoms with Crippen LogP contribution in [0.2, 0.25) is 0 Å². The lowest BCUT2D eigenvalue weighted by Gasteiger charge is -2.17. The minimum atomic E-state index is -0.557. The van der Waals surface area contributed by atoms with Crippen LogP contribution in [0.3, 0.4) is 0 Å². The summed E-state index contributed by atoms with van der Waals surface area (Å²) in [6, 6.07) is 8.56. The standard InChI is InChI=1S/C17H20N2O2/c1-11-8-9-19(16(20)10-11)14(4)17(21)18-15-7-5-6-12(2)13(15)3/h5-10,14H,1-4H3,(H,18,21). The van der Waals surface area contributed by atoms with E-state index in [0.717, 1.165) is 22.4 Å². The number of aryl methyl sites for hydroxylation is 2. The third kappa shape index (κ3) is 3.21. The average Bonchev–Trinajstić information content (AvgIpc) is 2.43. The lowest BCUT2D eigenvalue weighted by Crippen LogP contribution is -2.31. The van der Waals surface area contributed by atoms with Crippen molar-refractivity contribution >= 4 is 11.6 Å². The summed E-state index contributed by atoms with van der Waals surface area (Å²) in [6.45, 7) is 7.54. The van der Waals surface area contributed by atoms with Gasteiger partial charge in [0.25, 0.3) is 5.56 Å². The van der Waals surface area contributed by atoms with Gasteiger partial charge < -0.3 is 9.88 Å². The van der Waals surface area contributed by atoms with Gasteiger partial charge in [-0.25, -0.2) is 0 Å². The zero-order valence-electron chi connectivity index (χ0n) is 12.8. The molecule has 110 valence electrons. The molecule has 1 atom stereocenters. The minimum absolute atomic E-state index is 0.168. The highest BCUT2D eigenvalue weighted by atomic mass is 16.2. The van der Waals surface area contributed by atoms with Crippen molar-refractivity contribution in [2.45, 2.75) is 33.7 Å². The normalized spacial score (nSPS) is 12.0. The Balaban J connectivity index is 2.24. The first-order valence-corrected chi connectivity index (χ1v) is 6.96. The van der Waals surface area contributed by atoms with Crippen molar-refractivity contribution in [3.63, 3.8) is 0 Å². The first-order chi connectivity index (χ1) is 9.90. The second-order valence-electron chi connectivity index (χ2n) is 5.36. The van der Waals surface area contributed by atoms with Crippen molar-refractivity contribution in [3.8, 4) is 0 Å². The molecule has 0 spiro atoms. The Hall–Kier alpha value is -2.36. The van der Waals surface area contributed by atoms with Gasteiger partial charge in [0.1, 0.15) is 6.04 Å². The molecule has 1 aromatic carbocycles. The van der Waals surface area contributed by atoms with Crippen molar-refractivity contribution in [1.82, 2.24) is 4.57 Å². The lowest BCUT2D eigenvalue weighted by atomic mass is 10.1. The molecule has 1 unspecified atom stereocenters. The second-order valence-corrected chi connectivity index (χ2v) is 5.36. The van der Waals surface area contributed by atoms with Gasteiger partial charge in [-0.05, 0) is 56.5 Å². The zero-order valence-corrected chi connectivity index (χ0v) is 12.8. The van der Waals surface area contributed by atoms with Crippen molar-refractivity contribution in [1.29, 1.82) is 0 Å². The molecule has 0 saturated heterocycles. The smallest absolute Gasteiger partial charge is 0.251 e. The van der Waals surface area contributed by atoms with Crippen LogP contribution in [0.1, 0.15) is 29.7 Å². The van der Waals surface area contributed by atoms with E-state index in [4.69, 9.17) is 0 Å². The molecule has 0 radical (unpaired) electrons. The third-order valence-corrected chi connectivity index (χ3v) is 3.76. The van der Waals surface area contributed by atoms with Gasteiger partial charge in [0.2, 0.25) is 5.91 Å². The predicted molar refractivity (Wildman–Crippen MR) is 84.7 cm³/mol. The van der Waals surface area contributed by atoms with Crippen LogP contribution in [0.25, 0.3) is 0 Å². The van der Waals surface area contributed by atoms with Crippen LogP contribution in [-0.2, 0) is 4.79 Å². The number of hydrogen-bond acceptors (Lipinski definition) is 2. The SMILES string of the molecule is Cc1ccn(C(C)C(=O)Nc2cccc(C)c2C)c(=O)c1. The number of nitrogens with one attached hydrogen (secondary N) is 1. The number of pyridine rings is 1. The number of rotatable bonds is 3. The Bertz CT molecular complexity index is 732. The summed E-state index contributed by atoms with van der Waals surface area (Å²) in [7, 11) is 0. The summed E-state index contributed by atoms with van der Waals surface area (Å²) in [5.74, 6) is -0.199. The third-order valence-electron chi connectivity index (χ3n) is 3.76. The van der Waals surface area contributed by atoms with Crippen molar-refractivity contribution < 1.29 is 4.79 Å². The zero-order chi connectivity index (χ0) is 15.6. The van der Waals surface area contributed by atoms with Crippen molar-refractivity contribution in [2.24, 2.45) is 0 Å². The van der Waals surface area contributed by atoms with Gasteiger partial charge in [0.15, 0.2) is 0 Å². The highest BCUT2D eigenvalue weighted by Crippen LogP contribution is 2.19. The first kappa shape index (κ1) is 15.0. The van der Waals surface area contributed by atoms with Gasteiger partial charge >= 0.3 is 0 Å². The number of carbonyl (C=O) groups excluding carboxylic acids is 1. The molecule has 21 heavy (non-hydrogen) atoms. The van der Waals surface area contributed by atoms with E-state index in [-0.39, 0.29) is 11.5 Å². The Labute approximate surface area is 124 Å². The summed E-state index contributed by atoms with van der Waals surface area (Å²) in [6.07, 6.45) is 1.66. The summed E-state index contributed by atoms with van der Waals surface area (Å²) in [5, 5.41) is 2.89. The topological polar surface area (TPSA) is 51.1 Å². The van der Waals surface area contributed by atoms with Gasteiger partial charge in [0, 0.05) is 18.0 Å². The largest absolute Gasteiger partial charge is 0.324 e. The molecule has 1 aromatic heterocycles. The molecule has 1 amide bonds. The van der Waals surface area contributed by atoms with Crippen molar-refractivity contribution in [3.05, 3.63) is 63.6 Å². The molecule has 4 nitrogen and oxygen atoms in total. The molecular formula is C17H20N2O2. The molecule has 4 heteroatoms. The van der Waals surface area contributed by atoms with Gasteiger partial charge in [-0.1, -0.05) is 12.1 Å². The first-order valence-electron chi connectivity index (χ1n) is 6.96. The summed E-state index contributed by atoms with van der Waals surface area (Å²) in [4.78, 5) is 24.3. The Morgan fingerprint density at radius 1 is 1.19 bits per heavy atom.